The van der Waals surface area contributed by atoms with Gasteiger partial charge in [-0.2, -0.15) is 0 Å². The number of rotatable bonds is 4. The quantitative estimate of drug-likeness (QED) is 0.406. The van der Waals surface area contributed by atoms with E-state index in [9.17, 15) is 8.42 Å². The Kier molecular flexibility index (Phi) is 7.33. The third-order valence-electron chi connectivity index (χ3n) is 3.94. The van der Waals surface area contributed by atoms with Crippen molar-refractivity contribution in [2.75, 3.05) is 31.1 Å². The summed E-state index contributed by atoms with van der Waals surface area (Å²) < 4.78 is 25.5. The Morgan fingerprint density at radius 3 is 2.54 bits per heavy atom. The van der Waals surface area contributed by atoms with Gasteiger partial charge in [0.25, 0.3) is 0 Å². The molecule has 1 aromatic carbocycles. The minimum atomic E-state index is -3.29. The number of halogens is 1. The first kappa shape index (κ1) is 21.0. The zero-order valence-electron chi connectivity index (χ0n) is 14.7. The van der Waals surface area contributed by atoms with E-state index >= 15 is 0 Å². The van der Waals surface area contributed by atoms with Gasteiger partial charge in [-0.05, 0) is 23.5 Å². The summed E-state index contributed by atoms with van der Waals surface area (Å²) in [4.78, 5) is 6.59. The van der Waals surface area contributed by atoms with E-state index in [-0.39, 0.29) is 24.0 Å². The van der Waals surface area contributed by atoms with Crippen LogP contribution in [0.2, 0.25) is 0 Å². The fourth-order valence-corrected chi connectivity index (χ4v) is 3.37. The molecule has 2 N–H and O–H groups in total. The molecular weight excluding hydrogens is 439 g/mol. The molecule has 0 bridgehead atoms. The van der Waals surface area contributed by atoms with Crippen molar-refractivity contribution in [3.8, 4) is 0 Å². The van der Waals surface area contributed by atoms with E-state index < -0.39 is 10.0 Å². The first-order chi connectivity index (χ1) is 10.7. The molecule has 24 heavy (non-hydrogen) atoms. The maximum atomic E-state index is 11.5. The number of aliphatic imine (C=N–C) groups is 1. The molecule has 1 aromatic rings. The number of nitrogens with one attached hydrogen (secondary N) is 2. The van der Waals surface area contributed by atoms with Gasteiger partial charge in [0.05, 0.1) is 11.9 Å². The molecule has 0 aliphatic carbocycles. The molecule has 1 saturated heterocycles. The van der Waals surface area contributed by atoms with Crippen molar-refractivity contribution in [1.29, 1.82) is 0 Å². The van der Waals surface area contributed by atoms with E-state index in [2.05, 4.69) is 33.8 Å². The van der Waals surface area contributed by atoms with Crippen LogP contribution in [0.5, 0.6) is 0 Å². The lowest BCUT2D eigenvalue weighted by molar-refractivity contribution is 0.370. The van der Waals surface area contributed by atoms with Gasteiger partial charge in [-0.1, -0.05) is 32.0 Å². The number of nitrogens with zero attached hydrogens (tertiary/aromatic N) is 2. The lowest BCUT2D eigenvalue weighted by Gasteiger charge is -2.24. The highest BCUT2D eigenvalue weighted by Gasteiger charge is 2.30. The molecule has 1 aliphatic rings. The molecule has 136 valence electrons. The van der Waals surface area contributed by atoms with Crippen LogP contribution in [-0.4, -0.2) is 45.7 Å². The Morgan fingerprint density at radius 1 is 1.33 bits per heavy atom. The van der Waals surface area contributed by atoms with Crippen molar-refractivity contribution in [3.63, 3.8) is 0 Å². The van der Waals surface area contributed by atoms with Gasteiger partial charge in [-0.25, -0.2) is 8.42 Å². The van der Waals surface area contributed by atoms with Gasteiger partial charge in [0, 0.05) is 26.7 Å². The van der Waals surface area contributed by atoms with Crippen molar-refractivity contribution < 1.29 is 8.42 Å². The van der Waals surface area contributed by atoms with Gasteiger partial charge in [0.15, 0.2) is 5.96 Å². The van der Waals surface area contributed by atoms with Crippen molar-refractivity contribution in [3.05, 3.63) is 29.8 Å². The molecule has 1 fully saturated rings. The number of sulfonamides is 1. The molecule has 6 nitrogen and oxygen atoms in total. The molecule has 1 heterocycles. The van der Waals surface area contributed by atoms with E-state index in [1.807, 2.05) is 18.2 Å². The molecule has 0 aromatic heterocycles. The van der Waals surface area contributed by atoms with Crippen LogP contribution in [0.15, 0.2) is 29.3 Å². The van der Waals surface area contributed by atoms with Crippen molar-refractivity contribution in [2.45, 2.75) is 26.8 Å². The van der Waals surface area contributed by atoms with Gasteiger partial charge < -0.3 is 10.2 Å². The molecule has 0 saturated carbocycles. The van der Waals surface area contributed by atoms with Crippen LogP contribution in [0.3, 0.4) is 0 Å². The van der Waals surface area contributed by atoms with E-state index in [1.54, 1.807) is 13.1 Å². The van der Waals surface area contributed by atoms with Gasteiger partial charge in [-0.15, -0.1) is 24.0 Å². The van der Waals surface area contributed by atoms with E-state index in [4.69, 9.17) is 0 Å². The number of para-hydroxylation sites is 1. The summed E-state index contributed by atoms with van der Waals surface area (Å²) in [5, 5.41) is 3.33. The average molecular weight is 466 g/mol. The van der Waals surface area contributed by atoms with E-state index in [0.29, 0.717) is 17.6 Å². The van der Waals surface area contributed by atoms with E-state index in [0.717, 1.165) is 37.3 Å². The molecule has 1 aliphatic heterocycles. The number of likely N-dealkylation sites (tertiary alicyclic amines) is 1. The number of anilines is 1. The number of hydrogen-bond acceptors (Lipinski definition) is 3. The predicted molar refractivity (Wildman–Crippen MR) is 110 cm³/mol. The lowest BCUT2D eigenvalue weighted by atomic mass is 9.93. The normalized spacial score (nSPS) is 17.3. The topological polar surface area (TPSA) is 73.8 Å². The zero-order valence-corrected chi connectivity index (χ0v) is 17.8. The summed E-state index contributed by atoms with van der Waals surface area (Å²) in [5.74, 6) is 0.852. The van der Waals surface area contributed by atoms with Gasteiger partial charge >= 0.3 is 0 Å². The first-order valence-corrected chi connectivity index (χ1v) is 9.61. The Hall–Kier alpha value is -1.03. The molecule has 0 unspecified atom stereocenters. The van der Waals surface area contributed by atoms with Gasteiger partial charge in [0.2, 0.25) is 10.0 Å². The fourth-order valence-electron chi connectivity index (χ4n) is 2.77. The SMILES string of the molecule is CN=C(NCc1ccccc1NS(C)(=O)=O)N1CCC(C)(C)C1.I. The maximum Gasteiger partial charge on any atom is 0.229 e. The summed E-state index contributed by atoms with van der Waals surface area (Å²) in [6.07, 6.45) is 2.29. The van der Waals surface area contributed by atoms with Crippen LogP contribution >= 0.6 is 24.0 Å². The average Bonchev–Trinajstić information content (AvgIpc) is 2.80. The summed E-state index contributed by atoms with van der Waals surface area (Å²) in [6, 6.07) is 7.38. The van der Waals surface area contributed by atoms with Crippen LogP contribution in [0.4, 0.5) is 5.69 Å². The molecular formula is C16H27IN4O2S. The van der Waals surface area contributed by atoms with Crippen LogP contribution in [0, 0.1) is 5.41 Å². The maximum absolute atomic E-state index is 11.5. The summed E-state index contributed by atoms with van der Waals surface area (Å²) in [6.45, 7) is 6.98. The number of guanidine groups is 1. The second-order valence-corrected chi connectivity index (χ2v) is 8.52. The Balaban J connectivity index is 0.00000288. The molecule has 0 radical (unpaired) electrons. The highest BCUT2D eigenvalue weighted by atomic mass is 127. The Labute approximate surface area is 162 Å². The highest BCUT2D eigenvalue weighted by molar-refractivity contribution is 14.0. The lowest BCUT2D eigenvalue weighted by Crippen LogP contribution is -2.40. The fraction of sp³-hybridized carbons (Fsp3) is 0.562. The number of benzene rings is 1. The van der Waals surface area contributed by atoms with Crippen molar-refractivity contribution in [1.82, 2.24) is 10.2 Å². The molecule has 0 spiro atoms. The Bertz CT molecular complexity index is 689. The highest BCUT2D eigenvalue weighted by Crippen LogP contribution is 2.28. The third-order valence-corrected chi connectivity index (χ3v) is 4.53. The summed E-state index contributed by atoms with van der Waals surface area (Å²) >= 11 is 0. The molecule has 0 amide bonds. The van der Waals surface area contributed by atoms with Gasteiger partial charge in [-0.3, -0.25) is 9.71 Å². The predicted octanol–water partition coefficient (Wildman–Crippen LogP) is 2.48. The second kappa shape index (κ2) is 8.37. The zero-order chi connectivity index (χ0) is 17.1. The van der Waals surface area contributed by atoms with Crippen molar-refractivity contribution >= 4 is 45.6 Å². The first-order valence-electron chi connectivity index (χ1n) is 7.71. The van der Waals surface area contributed by atoms with Gasteiger partial charge in [0.1, 0.15) is 0 Å². The minimum absolute atomic E-state index is 0. The summed E-state index contributed by atoms with van der Waals surface area (Å²) in [7, 11) is -1.52. The standard InChI is InChI=1S/C16H26N4O2S.HI/c1-16(2)9-10-20(12-16)15(17-3)18-11-13-7-5-6-8-14(13)19-23(4,21)22;/h5-8,19H,9-12H2,1-4H3,(H,17,18);1H. The second-order valence-electron chi connectivity index (χ2n) is 6.77. The monoisotopic (exact) mass is 466 g/mol. The summed E-state index contributed by atoms with van der Waals surface area (Å²) in [5.41, 5.74) is 1.78. The van der Waals surface area contributed by atoms with Crippen molar-refractivity contribution in [2.24, 2.45) is 10.4 Å². The Morgan fingerprint density at radius 2 is 2.00 bits per heavy atom. The molecule has 8 heteroatoms. The third kappa shape index (κ3) is 6.12. The van der Waals surface area contributed by atoms with E-state index in [1.165, 1.54) is 0 Å². The van der Waals surface area contributed by atoms with Crippen LogP contribution in [0.1, 0.15) is 25.8 Å². The minimum Gasteiger partial charge on any atom is -0.352 e. The molecule has 0 atom stereocenters. The number of hydrogen-bond donors (Lipinski definition) is 2. The largest absolute Gasteiger partial charge is 0.352 e. The van der Waals surface area contributed by atoms with Crippen LogP contribution in [0.25, 0.3) is 0 Å². The van der Waals surface area contributed by atoms with Crippen LogP contribution in [-0.2, 0) is 16.6 Å². The molecule has 2 rings (SSSR count). The smallest absolute Gasteiger partial charge is 0.229 e. The van der Waals surface area contributed by atoms with Crippen LogP contribution < -0.4 is 10.0 Å².